The van der Waals surface area contributed by atoms with Gasteiger partial charge in [-0.25, -0.2) is 0 Å². The van der Waals surface area contributed by atoms with Crippen LogP contribution in [0, 0.1) is 0 Å². The smallest absolute Gasteiger partial charge is 0.194 e. The molecule has 1 N–H and O–H groups in total. The summed E-state index contributed by atoms with van der Waals surface area (Å²) in [5.74, 6) is 1.97. The molecule has 0 saturated carbocycles. The molecule has 3 aromatic heterocycles. The van der Waals surface area contributed by atoms with Crippen molar-refractivity contribution in [2.75, 3.05) is 5.32 Å². The highest BCUT2D eigenvalue weighted by Gasteiger charge is 2.12. The van der Waals surface area contributed by atoms with Gasteiger partial charge in [-0.15, -0.1) is 10.2 Å². The molecular formula is C27H17ClN4O2. The SMILES string of the molecule is Clc1ccc(-c2nnc(Nc3ccc(Oc4ccnc5ccoc45)cc3)c3ccccc23)cc1. The number of ether oxygens (including phenoxy) is 1. The zero-order valence-corrected chi connectivity index (χ0v) is 18.5. The number of furan rings is 1. The van der Waals surface area contributed by atoms with E-state index >= 15 is 0 Å². The standard InChI is InChI=1S/C27H17ClN4O2/c28-18-7-5-17(6-8-18)25-21-3-1-2-4-22(21)27(32-31-25)30-19-9-11-20(12-10-19)34-24-13-15-29-23-14-16-33-26(23)24/h1-16H,(H,30,32). The number of anilines is 2. The third-order valence-corrected chi connectivity index (χ3v) is 5.71. The summed E-state index contributed by atoms with van der Waals surface area (Å²) in [6.07, 6.45) is 3.29. The van der Waals surface area contributed by atoms with Gasteiger partial charge < -0.3 is 14.5 Å². The van der Waals surface area contributed by atoms with Crippen molar-refractivity contribution in [1.82, 2.24) is 15.2 Å². The van der Waals surface area contributed by atoms with Gasteiger partial charge in [0.2, 0.25) is 0 Å². The Bertz CT molecular complexity index is 1610. The normalized spacial score (nSPS) is 11.1. The zero-order valence-electron chi connectivity index (χ0n) is 17.8. The van der Waals surface area contributed by atoms with Crippen LogP contribution < -0.4 is 10.1 Å². The van der Waals surface area contributed by atoms with E-state index in [-0.39, 0.29) is 0 Å². The number of rotatable bonds is 5. The molecule has 0 aliphatic heterocycles. The summed E-state index contributed by atoms with van der Waals surface area (Å²) in [6, 6.07) is 26.9. The molecule has 0 spiro atoms. The van der Waals surface area contributed by atoms with Crippen molar-refractivity contribution in [2.24, 2.45) is 0 Å². The highest BCUT2D eigenvalue weighted by Crippen LogP contribution is 2.33. The van der Waals surface area contributed by atoms with E-state index in [9.17, 15) is 0 Å². The maximum Gasteiger partial charge on any atom is 0.194 e. The predicted octanol–water partition coefficient (Wildman–Crippen LogP) is 7.63. The summed E-state index contributed by atoms with van der Waals surface area (Å²) in [5, 5.41) is 15.0. The average molecular weight is 465 g/mol. The molecule has 6 rings (SSSR count). The van der Waals surface area contributed by atoms with Crippen LogP contribution in [-0.4, -0.2) is 15.2 Å². The number of halogens is 1. The van der Waals surface area contributed by atoms with E-state index < -0.39 is 0 Å². The Morgan fingerprint density at radius 2 is 1.59 bits per heavy atom. The van der Waals surface area contributed by atoms with E-state index in [1.54, 1.807) is 24.6 Å². The number of aromatic nitrogens is 3. The first-order chi connectivity index (χ1) is 16.7. The Labute approximate surface area is 199 Å². The molecule has 0 amide bonds. The number of benzene rings is 3. The molecule has 6 aromatic rings. The van der Waals surface area contributed by atoms with Gasteiger partial charge in [0.15, 0.2) is 17.2 Å². The minimum Gasteiger partial charge on any atom is -0.459 e. The molecule has 0 atom stereocenters. The van der Waals surface area contributed by atoms with Gasteiger partial charge in [0, 0.05) is 45.4 Å². The van der Waals surface area contributed by atoms with Crippen molar-refractivity contribution >= 4 is 45.0 Å². The maximum absolute atomic E-state index is 6.05. The van der Waals surface area contributed by atoms with E-state index in [0.717, 1.165) is 33.2 Å². The topological polar surface area (TPSA) is 73.1 Å². The molecule has 3 aromatic carbocycles. The second-order valence-corrected chi connectivity index (χ2v) is 8.08. The molecule has 7 heteroatoms. The number of hydrogen-bond donors (Lipinski definition) is 1. The van der Waals surface area contributed by atoms with Crippen LogP contribution in [0.1, 0.15) is 0 Å². The van der Waals surface area contributed by atoms with Gasteiger partial charge in [-0.3, -0.25) is 4.98 Å². The van der Waals surface area contributed by atoms with Crippen LogP contribution in [0.5, 0.6) is 11.5 Å². The first-order valence-electron chi connectivity index (χ1n) is 10.6. The van der Waals surface area contributed by atoms with Crippen molar-refractivity contribution in [2.45, 2.75) is 0 Å². The fourth-order valence-electron chi connectivity index (χ4n) is 3.82. The summed E-state index contributed by atoms with van der Waals surface area (Å²) in [4.78, 5) is 4.26. The van der Waals surface area contributed by atoms with Crippen LogP contribution >= 0.6 is 11.6 Å². The Hall–Kier alpha value is -4.42. The number of nitrogens with zero attached hydrogens (tertiary/aromatic N) is 3. The monoisotopic (exact) mass is 464 g/mol. The number of fused-ring (bicyclic) bond motifs is 2. The Morgan fingerprint density at radius 3 is 2.41 bits per heavy atom. The summed E-state index contributed by atoms with van der Waals surface area (Å²) < 4.78 is 11.5. The minimum atomic E-state index is 0.616. The lowest BCUT2D eigenvalue weighted by Crippen LogP contribution is -1.99. The van der Waals surface area contributed by atoms with Gasteiger partial charge in [-0.2, -0.15) is 0 Å². The Morgan fingerprint density at radius 1 is 0.794 bits per heavy atom. The zero-order chi connectivity index (χ0) is 22.9. The van der Waals surface area contributed by atoms with Crippen LogP contribution in [0.2, 0.25) is 5.02 Å². The molecule has 0 unspecified atom stereocenters. The third-order valence-electron chi connectivity index (χ3n) is 5.46. The second-order valence-electron chi connectivity index (χ2n) is 7.65. The first-order valence-corrected chi connectivity index (χ1v) is 11.0. The Kier molecular flexibility index (Phi) is 5.05. The van der Waals surface area contributed by atoms with Gasteiger partial charge in [-0.05, 0) is 36.4 Å². The molecule has 0 aliphatic carbocycles. The molecule has 164 valence electrons. The summed E-state index contributed by atoms with van der Waals surface area (Å²) in [7, 11) is 0. The van der Waals surface area contributed by atoms with E-state index in [1.807, 2.05) is 72.8 Å². The summed E-state index contributed by atoms with van der Waals surface area (Å²) in [5.41, 5.74) is 4.01. The third kappa shape index (κ3) is 3.80. The number of pyridine rings is 1. The molecule has 34 heavy (non-hydrogen) atoms. The van der Waals surface area contributed by atoms with Crippen LogP contribution in [0.25, 0.3) is 33.1 Å². The van der Waals surface area contributed by atoms with Crippen molar-refractivity contribution < 1.29 is 9.15 Å². The fraction of sp³-hybridized carbons (Fsp3) is 0. The van der Waals surface area contributed by atoms with Crippen LogP contribution in [-0.2, 0) is 0 Å². The molecule has 0 fully saturated rings. The van der Waals surface area contributed by atoms with Crippen LogP contribution in [0.15, 0.2) is 102 Å². The maximum atomic E-state index is 6.05. The second kappa shape index (κ2) is 8.50. The van der Waals surface area contributed by atoms with Gasteiger partial charge in [0.05, 0.1) is 6.26 Å². The highest BCUT2D eigenvalue weighted by molar-refractivity contribution is 6.30. The first kappa shape index (κ1) is 20.2. The highest BCUT2D eigenvalue weighted by atomic mass is 35.5. The van der Waals surface area contributed by atoms with Crippen LogP contribution in [0.3, 0.4) is 0 Å². The lowest BCUT2D eigenvalue weighted by Gasteiger charge is -2.12. The van der Waals surface area contributed by atoms with Gasteiger partial charge in [0.25, 0.3) is 0 Å². The fourth-order valence-corrected chi connectivity index (χ4v) is 3.94. The average Bonchev–Trinajstić information content (AvgIpc) is 3.36. The quantitative estimate of drug-likeness (QED) is 0.283. The van der Waals surface area contributed by atoms with Gasteiger partial charge >= 0.3 is 0 Å². The minimum absolute atomic E-state index is 0.616. The van der Waals surface area contributed by atoms with E-state index in [1.165, 1.54) is 0 Å². The lowest BCUT2D eigenvalue weighted by atomic mass is 10.0. The molecule has 0 bridgehead atoms. The van der Waals surface area contributed by atoms with Gasteiger partial charge in [0.1, 0.15) is 17.0 Å². The largest absolute Gasteiger partial charge is 0.459 e. The van der Waals surface area contributed by atoms with Crippen molar-refractivity contribution in [3.05, 3.63) is 102 Å². The van der Waals surface area contributed by atoms with E-state index in [2.05, 4.69) is 20.5 Å². The Balaban J connectivity index is 1.28. The molecule has 0 saturated heterocycles. The molecule has 0 radical (unpaired) electrons. The van der Waals surface area contributed by atoms with E-state index in [4.69, 9.17) is 20.8 Å². The van der Waals surface area contributed by atoms with Crippen molar-refractivity contribution in [3.8, 4) is 22.8 Å². The molecule has 0 aliphatic rings. The summed E-state index contributed by atoms with van der Waals surface area (Å²) in [6.45, 7) is 0. The van der Waals surface area contributed by atoms with Crippen LogP contribution in [0.4, 0.5) is 11.5 Å². The van der Waals surface area contributed by atoms with E-state index in [0.29, 0.717) is 27.9 Å². The number of hydrogen-bond acceptors (Lipinski definition) is 6. The molecule has 3 heterocycles. The number of nitrogens with one attached hydrogen (secondary N) is 1. The lowest BCUT2D eigenvalue weighted by molar-refractivity contribution is 0.472. The van der Waals surface area contributed by atoms with Crippen molar-refractivity contribution in [3.63, 3.8) is 0 Å². The predicted molar refractivity (Wildman–Crippen MR) is 134 cm³/mol. The molecular weight excluding hydrogens is 448 g/mol. The molecule has 6 nitrogen and oxygen atoms in total. The van der Waals surface area contributed by atoms with Crippen molar-refractivity contribution in [1.29, 1.82) is 0 Å². The van der Waals surface area contributed by atoms with Gasteiger partial charge in [-0.1, -0.05) is 48.0 Å². The summed E-state index contributed by atoms with van der Waals surface area (Å²) >= 11 is 6.05.